The van der Waals surface area contributed by atoms with Crippen LogP contribution < -0.4 is 20.7 Å². The van der Waals surface area contributed by atoms with Crippen LogP contribution in [0.15, 0.2) is 24.3 Å². The molecular weight excluding hydrogens is 303 g/mol. The fourth-order valence-electron chi connectivity index (χ4n) is 1.46. The van der Waals surface area contributed by atoms with E-state index in [-0.39, 0.29) is 12.2 Å². The van der Waals surface area contributed by atoms with Gasteiger partial charge in [0.05, 0.1) is 12.2 Å². The van der Waals surface area contributed by atoms with Gasteiger partial charge in [-0.25, -0.2) is 4.79 Å². The quantitative estimate of drug-likeness (QED) is 0.751. The van der Waals surface area contributed by atoms with Gasteiger partial charge in [-0.15, -0.1) is 13.2 Å². The van der Waals surface area contributed by atoms with E-state index < -0.39 is 24.1 Å². The van der Waals surface area contributed by atoms with Gasteiger partial charge in [0.1, 0.15) is 0 Å². The summed E-state index contributed by atoms with van der Waals surface area (Å²) < 4.78 is 40.5. The normalized spacial score (nSPS) is 10.7. The number of hydrogen-bond acceptors (Lipinski definition) is 4. The monoisotopic (exact) mass is 319 g/mol. The number of carbonyl (C=O) groups excluding carboxylic acids is 2. The molecule has 0 aliphatic heterocycles. The van der Waals surface area contributed by atoms with E-state index in [4.69, 9.17) is 0 Å². The molecule has 122 valence electrons. The van der Waals surface area contributed by atoms with Gasteiger partial charge in [0.25, 0.3) is 0 Å². The molecule has 0 fully saturated rings. The van der Waals surface area contributed by atoms with Gasteiger partial charge < -0.3 is 15.4 Å². The van der Waals surface area contributed by atoms with E-state index in [1.165, 1.54) is 18.2 Å². The second-order valence-corrected chi connectivity index (χ2v) is 4.20. The first kappa shape index (κ1) is 17.6. The Kier molecular flexibility index (Phi) is 6.48. The summed E-state index contributed by atoms with van der Waals surface area (Å²) >= 11 is 0. The maximum atomic E-state index is 12.2. The molecule has 0 saturated carbocycles. The summed E-state index contributed by atoms with van der Waals surface area (Å²) in [5.74, 6) is -1.14. The molecule has 3 N–H and O–H groups in total. The molecule has 0 saturated heterocycles. The van der Waals surface area contributed by atoms with Crippen LogP contribution in [0.1, 0.15) is 13.3 Å². The van der Waals surface area contributed by atoms with E-state index >= 15 is 0 Å². The first-order chi connectivity index (χ1) is 10.3. The smallest absolute Gasteiger partial charge is 0.404 e. The molecule has 1 aromatic rings. The molecule has 0 atom stereocenters. The molecule has 0 unspecified atom stereocenters. The van der Waals surface area contributed by atoms with Crippen molar-refractivity contribution in [2.24, 2.45) is 0 Å². The molecule has 1 rings (SSSR count). The third kappa shape index (κ3) is 6.82. The lowest BCUT2D eigenvalue weighted by molar-refractivity contribution is -0.274. The van der Waals surface area contributed by atoms with Crippen LogP contribution in [0.3, 0.4) is 0 Å². The van der Waals surface area contributed by atoms with E-state index in [1.807, 2.05) is 12.2 Å². The predicted molar refractivity (Wildman–Crippen MR) is 73.4 cm³/mol. The molecule has 0 aliphatic rings. The van der Waals surface area contributed by atoms with Crippen molar-refractivity contribution < 1.29 is 27.5 Å². The lowest BCUT2D eigenvalue weighted by Crippen LogP contribution is -2.42. The summed E-state index contributed by atoms with van der Waals surface area (Å²) in [6.45, 7) is 1.88. The van der Waals surface area contributed by atoms with Crippen molar-refractivity contribution in [3.8, 4) is 5.75 Å². The van der Waals surface area contributed by atoms with Crippen LogP contribution in [-0.4, -0.2) is 31.4 Å². The highest BCUT2D eigenvalue weighted by molar-refractivity contribution is 5.96. The van der Waals surface area contributed by atoms with Gasteiger partial charge in [-0.2, -0.15) is 0 Å². The Morgan fingerprint density at radius 2 is 1.91 bits per heavy atom. The number of ether oxygens (including phenoxy) is 1. The zero-order valence-electron chi connectivity index (χ0n) is 11.8. The third-order valence-electron chi connectivity index (χ3n) is 2.34. The van der Waals surface area contributed by atoms with E-state index in [0.717, 1.165) is 6.07 Å². The zero-order valence-corrected chi connectivity index (χ0v) is 11.8. The standard InChI is InChI=1S/C13H16F3N3O3/c1-2-7-17-12(21)19-11(20)8-18-9-5-3-4-6-10(9)22-13(14,15)16/h3-6,18H,2,7-8H2,1H3,(H2,17,19,20,21). The Morgan fingerprint density at radius 3 is 2.55 bits per heavy atom. The van der Waals surface area contributed by atoms with E-state index in [2.05, 4.69) is 15.4 Å². The SMILES string of the molecule is CCCNC(=O)NC(=O)CNc1ccccc1OC(F)(F)F. The highest BCUT2D eigenvalue weighted by Crippen LogP contribution is 2.29. The molecule has 9 heteroatoms. The number of rotatable bonds is 6. The Balaban J connectivity index is 2.54. The minimum atomic E-state index is -4.83. The Morgan fingerprint density at radius 1 is 1.23 bits per heavy atom. The average Bonchev–Trinajstić information content (AvgIpc) is 2.42. The maximum Gasteiger partial charge on any atom is 0.573 e. The lowest BCUT2D eigenvalue weighted by Gasteiger charge is -2.14. The molecule has 0 aromatic heterocycles. The summed E-state index contributed by atoms with van der Waals surface area (Å²) in [6, 6.07) is 4.63. The van der Waals surface area contributed by atoms with E-state index in [0.29, 0.717) is 13.0 Å². The van der Waals surface area contributed by atoms with Gasteiger partial charge in [-0.3, -0.25) is 10.1 Å². The number of para-hydroxylation sites is 2. The van der Waals surface area contributed by atoms with Crippen LogP contribution >= 0.6 is 0 Å². The molecule has 1 aromatic carbocycles. The van der Waals surface area contributed by atoms with Gasteiger partial charge in [0.2, 0.25) is 5.91 Å². The molecule has 0 heterocycles. The Bertz CT molecular complexity index is 521. The summed E-state index contributed by atoms with van der Waals surface area (Å²) in [5, 5.41) is 6.95. The number of urea groups is 1. The predicted octanol–water partition coefficient (Wildman–Crippen LogP) is 2.23. The van der Waals surface area contributed by atoms with Crippen molar-refractivity contribution in [1.29, 1.82) is 0 Å². The van der Waals surface area contributed by atoms with Crippen LogP contribution in [0, 0.1) is 0 Å². The fourth-order valence-corrected chi connectivity index (χ4v) is 1.46. The van der Waals surface area contributed by atoms with Crippen LogP contribution in [0.2, 0.25) is 0 Å². The molecule has 0 bridgehead atoms. The van der Waals surface area contributed by atoms with Crippen LogP contribution in [0.4, 0.5) is 23.7 Å². The highest BCUT2D eigenvalue weighted by Gasteiger charge is 2.32. The molecule has 0 spiro atoms. The van der Waals surface area contributed by atoms with Gasteiger partial charge >= 0.3 is 12.4 Å². The molecule has 0 aliphatic carbocycles. The first-order valence-corrected chi connectivity index (χ1v) is 6.48. The van der Waals surface area contributed by atoms with Crippen molar-refractivity contribution in [2.75, 3.05) is 18.4 Å². The number of nitrogens with one attached hydrogen (secondary N) is 3. The van der Waals surface area contributed by atoms with Crippen LogP contribution in [0.5, 0.6) is 5.75 Å². The number of anilines is 1. The van der Waals surface area contributed by atoms with Crippen molar-refractivity contribution >= 4 is 17.6 Å². The minimum Gasteiger partial charge on any atom is -0.404 e. The van der Waals surface area contributed by atoms with Crippen molar-refractivity contribution in [2.45, 2.75) is 19.7 Å². The number of halogens is 3. The van der Waals surface area contributed by atoms with Gasteiger partial charge in [-0.05, 0) is 18.6 Å². The van der Waals surface area contributed by atoms with Gasteiger partial charge in [0, 0.05) is 6.54 Å². The van der Waals surface area contributed by atoms with Gasteiger partial charge in [0.15, 0.2) is 5.75 Å². The number of benzene rings is 1. The molecular formula is C13H16F3N3O3. The number of carbonyl (C=O) groups is 2. The average molecular weight is 319 g/mol. The number of imide groups is 1. The lowest BCUT2D eigenvalue weighted by atomic mass is 10.3. The summed E-state index contributed by atoms with van der Waals surface area (Å²) in [4.78, 5) is 22.7. The van der Waals surface area contributed by atoms with Crippen LogP contribution in [0.25, 0.3) is 0 Å². The Labute approximate surface area is 125 Å². The van der Waals surface area contributed by atoms with E-state index in [1.54, 1.807) is 0 Å². The minimum absolute atomic E-state index is 0.0102. The number of alkyl halides is 3. The highest BCUT2D eigenvalue weighted by atomic mass is 19.4. The number of hydrogen-bond donors (Lipinski definition) is 3. The first-order valence-electron chi connectivity index (χ1n) is 6.48. The molecule has 22 heavy (non-hydrogen) atoms. The molecule has 0 radical (unpaired) electrons. The van der Waals surface area contributed by atoms with Crippen molar-refractivity contribution in [3.05, 3.63) is 24.3 Å². The van der Waals surface area contributed by atoms with Crippen molar-refractivity contribution in [3.63, 3.8) is 0 Å². The summed E-state index contributed by atoms with van der Waals surface area (Å²) in [7, 11) is 0. The molecule has 3 amide bonds. The van der Waals surface area contributed by atoms with Crippen LogP contribution in [-0.2, 0) is 4.79 Å². The summed E-state index contributed by atoms with van der Waals surface area (Å²) in [6.07, 6.45) is -4.12. The maximum absolute atomic E-state index is 12.2. The molecule has 6 nitrogen and oxygen atoms in total. The zero-order chi connectivity index (χ0) is 16.6. The largest absolute Gasteiger partial charge is 0.573 e. The van der Waals surface area contributed by atoms with Gasteiger partial charge in [-0.1, -0.05) is 19.1 Å². The fraction of sp³-hybridized carbons (Fsp3) is 0.385. The number of amides is 3. The second kappa shape index (κ2) is 8.11. The van der Waals surface area contributed by atoms with Crippen molar-refractivity contribution in [1.82, 2.24) is 10.6 Å². The van der Waals surface area contributed by atoms with E-state index in [9.17, 15) is 22.8 Å². The second-order valence-electron chi connectivity index (χ2n) is 4.20. The summed E-state index contributed by atoms with van der Waals surface area (Å²) in [5.41, 5.74) is -0.0102. The topological polar surface area (TPSA) is 79.5 Å². The third-order valence-corrected chi connectivity index (χ3v) is 2.34. The Hall–Kier alpha value is -2.45.